The maximum absolute atomic E-state index is 11.9. The van der Waals surface area contributed by atoms with Crippen molar-refractivity contribution in [1.29, 1.82) is 0 Å². The number of carbonyl (C=O) groups is 1. The number of hydrogen-bond acceptors (Lipinski definition) is 4. The predicted octanol–water partition coefficient (Wildman–Crippen LogP) is -0.610. The fraction of sp³-hybridized carbons (Fsp3) is 0.273. The quantitative estimate of drug-likeness (QED) is 0.784. The molecule has 0 atom stereocenters. The number of carbonyl (C=O) groups excluding carboxylic acids is 1. The molecule has 0 aromatic carbocycles. The Morgan fingerprint density at radius 1 is 1.44 bits per heavy atom. The van der Waals surface area contributed by atoms with Crippen LogP contribution in [0.3, 0.4) is 0 Å². The molecule has 7 nitrogen and oxygen atoms in total. The lowest BCUT2D eigenvalue weighted by molar-refractivity contribution is -0.121. The first-order chi connectivity index (χ1) is 8.63. The second-order valence-corrected chi connectivity index (χ2v) is 3.71. The van der Waals surface area contributed by atoms with Gasteiger partial charge in [0, 0.05) is 20.3 Å². The first-order valence-electron chi connectivity index (χ1n) is 5.39. The Morgan fingerprint density at radius 2 is 2.22 bits per heavy atom. The highest BCUT2D eigenvalue weighted by Gasteiger charge is 2.14. The number of pyridine rings is 1. The van der Waals surface area contributed by atoms with Crippen LogP contribution in [0.2, 0.25) is 0 Å². The van der Waals surface area contributed by atoms with Gasteiger partial charge >= 0.3 is 5.69 Å². The van der Waals surface area contributed by atoms with Crippen LogP contribution >= 0.6 is 0 Å². The van der Waals surface area contributed by atoms with Gasteiger partial charge in [-0.15, -0.1) is 5.10 Å². The molecule has 2 aromatic rings. The molecule has 18 heavy (non-hydrogen) atoms. The van der Waals surface area contributed by atoms with Crippen LogP contribution in [0, 0.1) is 0 Å². The van der Waals surface area contributed by atoms with Crippen molar-refractivity contribution in [2.45, 2.75) is 6.54 Å². The van der Waals surface area contributed by atoms with Crippen molar-refractivity contribution in [3.05, 3.63) is 34.9 Å². The van der Waals surface area contributed by atoms with Crippen LogP contribution in [-0.4, -0.2) is 32.3 Å². The summed E-state index contributed by atoms with van der Waals surface area (Å²) in [5, 5.41) is 6.56. The van der Waals surface area contributed by atoms with E-state index in [4.69, 9.17) is 0 Å². The third kappa shape index (κ3) is 2.15. The fourth-order valence-electron chi connectivity index (χ4n) is 1.52. The van der Waals surface area contributed by atoms with Crippen molar-refractivity contribution in [2.24, 2.45) is 7.05 Å². The van der Waals surface area contributed by atoms with Crippen molar-refractivity contribution in [3.63, 3.8) is 0 Å². The van der Waals surface area contributed by atoms with Gasteiger partial charge in [-0.25, -0.2) is 9.48 Å². The van der Waals surface area contributed by atoms with E-state index < -0.39 is 0 Å². The molecule has 2 aromatic heterocycles. The second-order valence-electron chi connectivity index (χ2n) is 3.71. The van der Waals surface area contributed by atoms with Crippen LogP contribution in [0.4, 0.5) is 0 Å². The number of nitrogens with one attached hydrogen (secondary N) is 1. The Bertz CT molecular complexity index is 614. The minimum Gasteiger partial charge on any atom is -0.358 e. The predicted molar refractivity (Wildman–Crippen MR) is 64.8 cm³/mol. The lowest BCUT2D eigenvalue weighted by Crippen LogP contribution is -2.31. The zero-order chi connectivity index (χ0) is 13.1. The summed E-state index contributed by atoms with van der Waals surface area (Å²) < 4.78 is 2.48. The van der Waals surface area contributed by atoms with Gasteiger partial charge in [0.05, 0.1) is 0 Å². The highest BCUT2D eigenvalue weighted by atomic mass is 16.2. The van der Waals surface area contributed by atoms with Gasteiger partial charge in [-0.3, -0.25) is 14.3 Å². The molecular weight excluding hydrogens is 234 g/mol. The Morgan fingerprint density at radius 3 is 2.83 bits per heavy atom. The monoisotopic (exact) mass is 247 g/mol. The number of hydrogen-bond donors (Lipinski definition) is 1. The molecular formula is C11H13N5O2. The average Bonchev–Trinajstić information content (AvgIpc) is 2.68. The summed E-state index contributed by atoms with van der Waals surface area (Å²) in [5.74, 6) is 0.160. The SMILES string of the molecule is CNC(=O)Cn1nc(-c2ccccn2)n(C)c1=O. The van der Waals surface area contributed by atoms with Crippen LogP contribution in [0.5, 0.6) is 0 Å². The molecule has 0 saturated heterocycles. The highest BCUT2D eigenvalue weighted by Crippen LogP contribution is 2.09. The van der Waals surface area contributed by atoms with Gasteiger partial charge in [-0.2, -0.15) is 0 Å². The molecule has 0 aliphatic heterocycles. The molecule has 7 heteroatoms. The number of nitrogens with zero attached hydrogens (tertiary/aromatic N) is 4. The van der Waals surface area contributed by atoms with Gasteiger partial charge in [0.15, 0.2) is 5.82 Å². The Labute approximate surface area is 103 Å². The molecule has 1 amide bonds. The standard InChI is InChI=1S/C11H13N5O2/c1-12-9(17)7-16-11(18)15(2)10(14-16)8-5-3-4-6-13-8/h3-6H,7H2,1-2H3,(H,12,17). The van der Waals surface area contributed by atoms with Gasteiger partial charge in [0.25, 0.3) is 0 Å². The van der Waals surface area contributed by atoms with Crippen LogP contribution in [0.25, 0.3) is 11.5 Å². The first kappa shape index (κ1) is 12.0. The molecule has 0 saturated carbocycles. The number of likely N-dealkylation sites (N-methyl/N-ethyl adjacent to an activating group) is 1. The summed E-state index contributed by atoms with van der Waals surface area (Å²) >= 11 is 0. The lowest BCUT2D eigenvalue weighted by atomic mass is 10.3. The largest absolute Gasteiger partial charge is 0.358 e. The summed E-state index contributed by atoms with van der Waals surface area (Å²) in [6.45, 7) is -0.101. The normalized spacial score (nSPS) is 10.3. The third-order valence-electron chi connectivity index (χ3n) is 2.51. The van der Waals surface area contributed by atoms with Gasteiger partial charge in [0.1, 0.15) is 12.2 Å². The summed E-state index contributed by atoms with van der Waals surface area (Å²) in [6, 6.07) is 5.35. The fourth-order valence-corrected chi connectivity index (χ4v) is 1.52. The van der Waals surface area contributed by atoms with E-state index in [2.05, 4.69) is 15.4 Å². The molecule has 0 aliphatic carbocycles. The molecule has 0 unspecified atom stereocenters. The zero-order valence-electron chi connectivity index (χ0n) is 10.1. The van der Waals surface area contributed by atoms with Crippen LogP contribution in [0.15, 0.2) is 29.2 Å². The molecule has 0 radical (unpaired) electrons. The van der Waals surface area contributed by atoms with Gasteiger partial charge in [-0.1, -0.05) is 6.07 Å². The zero-order valence-corrected chi connectivity index (χ0v) is 10.1. The molecule has 94 valence electrons. The minimum absolute atomic E-state index is 0.101. The Hall–Kier alpha value is -2.44. The molecule has 1 N–H and O–H groups in total. The first-order valence-corrected chi connectivity index (χ1v) is 5.39. The maximum Gasteiger partial charge on any atom is 0.346 e. The second kappa shape index (κ2) is 4.82. The molecule has 0 spiro atoms. The number of amides is 1. The van der Waals surface area contributed by atoms with Crippen molar-refractivity contribution < 1.29 is 4.79 Å². The van der Waals surface area contributed by atoms with Crippen molar-refractivity contribution in [1.82, 2.24) is 24.6 Å². The van der Waals surface area contributed by atoms with E-state index in [9.17, 15) is 9.59 Å². The van der Waals surface area contributed by atoms with E-state index in [1.54, 1.807) is 25.4 Å². The minimum atomic E-state index is -0.348. The summed E-state index contributed by atoms with van der Waals surface area (Å²) in [6.07, 6.45) is 1.62. The van der Waals surface area contributed by atoms with Crippen LogP contribution < -0.4 is 11.0 Å². The van der Waals surface area contributed by atoms with Gasteiger partial charge < -0.3 is 5.32 Å². The van der Waals surface area contributed by atoms with Gasteiger partial charge in [-0.05, 0) is 12.1 Å². The summed E-state index contributed by atoms with van der Waals surface area (Å²) in [5.41, 5.74) is 0.243. The van der Waals surface area contributed by atoms with E-state index in [1.165, 1.54) is 11.6 Å². The number of rotatable bonds is 3. The maximum atomic E-state index is 11.9. The van der Waals surface area contributed by atoms with Crippen LogP contribution in [0.1, 0.15) is 0 Å². The molecule has 0 aliphatic rings. The highest BCUT2D eigenvalue weighted by molar-refractivity contribution is 5.75. The topological polar surface area (TPSA) is 81.8 Å². The Balaban J connectivity index is 2.43. The third-order valence-corrected chi connectivity index (χ3v) is 2.51. The van der Waals surface area contributed by atoms with Crippen molar-refractivity contribution in [3.8, 4) is 11.5 Å². The number of aromatic nitrogens is 4. The average molecular weight is 247 g/mol. The van der Waals surface area contributed by atoms with E-state index in [0.29, 0.717) is 11.5 Å². The lowest BCUT2D eigenvalue weighted by Gasteiger charge is -1.97. The van der Waals surface area contributed by atoms with Crippen LogP contribution in [-0.2, 0) is 18.4 Å². The van der Waals surface area contributed by atoms with E-state index >= 15 is 0 Å². The molecule has 0 bridgehead atoms. The van der Waals surface area contributed by atoms with Crippen molar-refractivity contribution in [2.75, 3.05) is 7.05 Å². The van der Waals surface area contributed by atoms with E-state index in [0.717, 1.165) is 4.68 Å². The van der Waals surface area contributed by atoms with E-state index in [1.807, 2.05) is 6.07 Å². The summed E-state index contributed by atoms with van der Waals surface area (Å²) in [4.78, 5) is 27.3. The molecule has 2 heterocycles. The summed E-state index contributed by atoms with van der Waals surface area (Å²) in [7, 11) is 3.11. The Kier molecular flexibility index (Phi) is 3.22. The van der Waals surface area contributed by atoms with E-state index in [-0.39, 0.29) is 18.1 Å². The van der Waals surface area contributed by atoms with Crippen molar-refractivity contribution >= 4 is 5.91 Å². The smallest absolute Gasteiger partial charge is 0.346 e. The van der Waals surface area contributed by atoms with Gasteiger partial charge in [0.2, 0.25) is 5.91 Å². The molecule has 0 fully saturated rings. The molecule has 2 rings (SSSR count).